The van der Waals surface area contributed by atoms with E-state index in [2.05, 4.69) is 36.2 Å². The molecule has 146 valence electrons. The van der Waals surface area contributed by atoms with Gasteiger partial charge in [-0.25, -0.2) is 23.7 Å². The maximum atomic E-state index is 13.7. The molecule has 0 amide bonds. The summed E-state index contributed by atoms with van der Waals surface area (Å²) in [5, 5.41) is 2.96. The van der Waals surface area contributed by atoms with Gasteiger partial charge in [-0.2, -0.15) is 0 Å². The molecule has 28 heavy (non-hydrogen) atoms. The zero-order chi connectivity index (χ0) is 20.3. The summed E-state index contributed by atoms with van der Waals surface area (Å²) in [7, 11) is 1.73. The van der Waals surface area contributed by atoms with Crippen molar-refractivity contribution in [3.63, 3.8) is 0 Å². The Morgan fingerprint density at radius 3 is 2.75 bits per heavy atom. The van der Waals surface area contributed by atoms with E-state index in [-0.39, 0.29) is 34.6 Å². The minimum atomic E-state index is -0.733. The van der Waals surface area contributed by atoms with Crippen LogP contribution in [0.2, 0.25) is 0 Å². The molecular weight excluding hydrogens is 436 g/mol. The number of aromatic nitrogens is 4. The molecule has 1 N–H and O–H groups in total. The summed E-state index contributed by atoms with van der Waals surface area (Å²) in [6, 6.07) is 3.17. The van der Waals surface area contributed by atoms with Crippen molar-refractivity contribution in [3.8, 4) is 5.88 Å². The number of nitrogens with zero attached hydrogens (tertiary/aromatic N) is 4. The molecule has 0 aliphatic heterocycles. The number of rotatable bonds is 6. The fraction of sp³-hybridized carbons (Fsp3) is 0.222. The lowest BCUT2D eigenvalue weighted by Gasteiger charge is -2.12. The zero-order valence-corrected chi connectivity index (χ0v) is 16.6. The predicted molar refractivity (Wildman–Crippen MR) is 102 cm³/mol. The van der Waals surface area contributed by atoms with Crippen molar-refractivity contribution in [1.82, 2.24) is 19.5 Å². The molecule has 0 aliphatic rings. The summed E-state index contributed by atoms with van der Waals surface area (Å²) in [4.78, 5) is 25.1. The quantitative estimate of drug-likeness (QED) is 0.620. The minimum Gasteiger partial charge on any atom is -0.472 e. The second kappa shape index (κ2) is 8.42. The van der Waals surface area contributed by atoms with Gasteiger partial charge in [0.25, 0.3) is 5.56 Å². The van der Waals surface area contributed by atoms with Crippen LogP contribution >= 0.6 is 15.9 Å². The molecule has 0 fully saturated rings. The van der Waals surface area contributed by atoms with E-state index in [1.165, 1.54) is 17.0 Å². The molecule has 0 radical (unpaired) electrons. The Morgan fingerprint density at radius 1 is 1.25 bits per heavy atom. The van der Waals surface area contributed by atoms with E-state index in [1.807, 2.05) is 0 Å². The molecular formula is C18H16BrF2N5O2. The van der Waals surface area contributed by atoms with E-state index in [4.69, 9.17) is 4.74 Å². The fourth-order valence-corrected chi connectivity index (χ4v) is 2.90. The molecule has 0 saturated heterocycles. The molecule has 0 aliphatic carbocycles. The number of hydrogen-bond acceptors (Lipinski definition) is 6. The van der Waals surface area contributed by atoms with E-state index in [9.17, 15) is 13.6 Å². The smallest absolute Gasteiger partial charge is 0.271 e. The van der Waals surface area contributed by atoms with Crippen LogP contribution in [0, 0.1) is 18.6 Å². The number of aryl methyl sites for hydroxylation is 1. The largest absolute Gasteiger partial charge is 0.472 e. The van der Waals surface area contributed by atoms with Gasteiger partial charge in [-0.05, 0) is 35.0 Å². The van der Waals surface area contributed by atoms with Crippen LogP contribution in [0.25, 0.3) is 0 Å². The lowest BCUT2D eigenvalue weighted by molar-refractivity contribution is 0.283. The molecule has 0 saturated carbocycles. The van der Waals surface area contributed by atoms with E-state index in [0.29, 0.717) is 17.2 Å². The van der Waals surface area contributed by atoms with Gasteiger partial charge in [0.1, 0.15) is 40.7 Å². The number of hydrogen-bond donors (Lipinski definition) is 1. The third kappa shape index (κ3) is 4.33. The van der Waals surface area contributed by atoms with Crippen LogP contribution in [0.3, 0.4) is 0 Å². The maximum Gasteiger partial charge on any atom is 0.271 e. The third-order valence-corrected chi connectivity index (χ3v) is 4.57. The first-order valence-electron chi connectivity index (χ1n) is 8.21. The third-order valence-electron chi connectivity index (χ3n) is 3.89. The van der Waals surface area contributed by atoms with E-state index < -0.39 is 11.6 Å². The summed E-state index contributed by atoms with van der Waals surface area (Å²) >= 11 is 3.17. The summed E-state index contributed by atoms with van der Waals surface area (Å²) in [6.45, 7) is 1.77. The average Bonchev–Trinajstić information content (AvgIpc) is 2.67. The number of halogens is 3. The van der Waals surface area contributed by atoms with Crippen molar-refractivity contribution in [2.24, 2.45) is 0 Å². The highest BCUT2D eigenvalue weighted by atomic mass is 79.9. The lowest BCUT2D eigenvalue weighted by atomic mass is 10.2. The van der Waals surface area contributed by atoms with Gasteiger partial charge in [0.15, 0.2) is 0 Å². The number of benzene rings is 1. The summed E-state index contributed by atoms with van der Waals surface area (Å²) < 4.78 is 33.6. The Hall–Kier alpha value is -2.88. The van der Waals surface area contributed by atoms with Gasteiger partial charge in [0.2, 0.25) is 5.88 Å². The fourth-order valence-electron chi connectivity index (χ4n) is 2.46. The molecule has 3 aromatic rings. The van der Waals surface area contributed by atoms with E-state index in [1.54, 1.807) is 20.2 Å². The van der Waals surface area contributed by atoms with Gasteiger partial charge in [0, 0.05) is 30.4 Å². The van der Waals surface area contributed by atoms with E-state index in [0.717, 1.165) is 12.1 Å². The summed E-state index contributed by atoms with van der Waals surface area (Å²) in [5.41, 5.74) is 0.480. The SMILES string of the molecule is CNc1nc(C)ncc1Cn1cnc(OCc2ccc(F)cc2F)c(Br)c1=O. The van der Waals surface area contributed by atoms with Crippen molar-refractivity contribution >= 4 is 21.7 Å². The van der Waals surface area contributed by atoms with Crippen LogP contribution in [-0.4, -0.2) is 26.6 Å². The topological polar surface area (TPSA) is 81.9 Å². The molecule has 1 aromatic carbocycles. The highest BCUT2D eigenvalue weighted by Crippen LogP contribution is 2.20. The van der Waals surface area contributed by atoms with Crippen LogP contribution in [0.5, 0.6) is 5.88 Å². The molecule has 10 heteroatoms. The van der Waals surface area contributed by atoms with Gasteiger partial charge in [0.05, 0.1) is 6.54 Å². The molecule has 0 bridgehead atoms. The first-order valence-corrected chi connectivity index (χ1v) is 9.00. The summed E-state index contributed by atoms with van der Waals surface area (Å²) in [6.07, 6.45) is 2.96. The van der Waals surface area contributed by atoms with E-state index >= 15 is 0 Å². The molecule has 0 unspecified atom stereocenters. The minimum absolute atomic E-state index is 0.0129. The lowest BCUT2D eigenvalue weighted by Crippen LogP contribution is -2.23. The van der Waals surface area contributed by atoms with Gasteiger partial charge in [-0.15, -0.1) is 0 Å². The normalized spacial score (nSPS) is 10.8. The Morgan fingerprint density at radius 2 is 2.04 bits per heavy atom. The highest BCUT2D eigenvalue weighted by Gasteiger charge is 2.14. The van der Waals surface area contributed by atoms with Crippen molar-refractivity contribution in [3.05, 3.63) is 74.1 Å². The van der Waals surface area contributed by atoms with Gasteiger partial charge in [-0.3, -0.25) is 9.36 Å². The van der Waals surface area contributed by atoms with Crippen LogP contribution in [0.15, 0.2) is 40.0 Å². The number of anilines is 1. The van der Waals surface area contributed by atoms with Crippen LogP contribution in [-0.2, 0) is 13.2 Å². The van der Waals surface area contributed by atoms with Crippen LogP contribution in [0.4, 0.5) is 14.6 Å². The second-order valence-corrected chi connectivity index (χ2v) is 6.66. The molecule has 3 rings (SSSR count). The molecule has 0 spiro atoms. The predicted octanol–water partition coefficient (Wildman–Crippen LogP) is 3.05. The molecule has 7 nitrogen and oxygen atoms in total. The van der Waals surface area contributed by atoms with Gasteiger partial charge >= 0.3 is 0 Å². The standard InChI is InChI=1S/C18H16BrF2N5O2/c1-10-23-6-12(16(22-2)25-10)7-26-9-24-17(15(19)18(26)27)28-8-11-3-4-13(20)5-14(11)21/h3-6,9H,7-8H2,1-2H3,(H,22,23,25). The molecule has 0 atom stereocenters. The average molecular weight is 452 g/mol. The zero-order valence-electron chi connectivity index (χ0n) is 15.0. The van der Waals surface area contributed by atoms with Crippen molar-refractivity contribution in [2.75, 3.05) is 12.4 Å². The van der Waals surface area contributed by atoms with Crippen LogP contribution < -0.4 is 15.6 Å². The first kappa shape index (κ1) is 19.9. The summed E-state index contributed by atoms with van der Waals surface area (Å²) in [5.74, 6) is -0.175. The molecule has 2 aromatic heterocycles. The monoisotopic (exact) mass is 451 g/mol. The van der Waals surface area contributed by atoms with Crippen LogP contribution in [0.1, 0.15) is 17.0 Å². The molecule has 2 heterocycles. The van der Waals surface area contributed by atoms with Gasteiger partial charge in [-0.1, -0.05) is 0 Å². The Balaban J connectivity index is 1.80. The van der Waals surface area contributed by atoms with Crippen molar-refractivity contribution < 1.29 is 13.5 Å². The Bertz CT molecular complexity index is 1070. The highest BCUT2D eigenvalue weighted by molar-refractivity contribution is 9.10. The maximum absolute atomic E-state index is 13.7. The second-order valence-electron chi connectivity index (χ2n) is 5.86. The van der Waals surface area contributed by atoms with Crippen molar-refractivity contribution in [2.45, 2.75) is 20.1 Å². The number of ether oxygens (including phenoxy) is 1. The number of nitrogens with one attached hydrogen (secondary N) is 1. The Labute approximate surface area is 167 Å². The van der Waals surface area contributed by atoms with Crippen molar-refractivity contribution in [1.29, 1.82) is 0 Å². The van der Waals surface area contributed by atoms with Gasteiger partial charge < -0.3 is 10.1 Å². The Kier molecular flexibility index (Phi) is 5.98. The first-order chi connectivity index (χ1) is 13.4.